The molecule has 0 aliphatic rings. The fraction of sp³-hybridized carbons (Fsp3) is 0.429. The molecule has 0 aliphatic carbocycles. The van der Waals surface area contributed by atoms with Crippen molar-refractivity contribution in [2.75, 3.05) is 13.1 Å². The lowest BCUT2D eigenvalue weighted by Crippen LogP contribution is -2.36. The molecule has 12 heavy (non-hydrogen) atoms. The zero-order valence-electron chi connectivity index (χ0n) is 6.46. The Morgan fingerprint density at radius 2 is 2.08 bits per heavy atom. The Morgan fingerprint density at radius 3 is 2.58 bits per heavy atom. The van der Waals surface area contributed by atoms with Crippen LogP contribution in [0.3, 0.4) is 0 Å². The van der Waals surface area contributed by atoms with Gasteiger partial charge in [-0.25, -0.2) is 4.79 Å². The second kappa shape index (κ2) is 6.04. The first-order chi connectivity index (χ1) is 5.66. The third-order valence-corrected chi connectivity index (χ3v) is 0.975. The molecular weight excluding hydrogens is 160 g/mol. The van der Waals surface area contributed by atoms with Gasteiger partial charge in [-0.15, -0.1) is 6.42 Å². The SMILES string of the molecule is C#CCNC(=O)NCCC(=O)O. The van der Waals surface area contributed by atoms with Gasteiger partial charge in [-0.1, -0.05) is 5.92 Å². The molecule has 0 heterocycles. The number of terminal acetylenes is 1. The molecule has 2 amide bonds. The van der Waals surface area contributed by atoms with Crippen molar-refractivity contribution in [1.29, 1.82) is 0 Å². The van der Waals surface area contributed by atoms with E-state index in [2.05, 4.69) is 16.6 Å². The summed E-state index contributed by atoms with van der Waals surface area (Å²) in [5.41, 5.74) is 0. The molecule has 0 radical (unpaired) electrons. The van der Waals surface area contributed by atoms with E-state index in [9.17, 15) is 9.59 Å². The summed E-state index contributed by atoms with van der Waals surface area (Å²) in [7, 11) is 0. The van der Waals surface area contributed by atoms with E-state index in [1.807, 2.05) is 0 Å². The molecule has 0 saturated heterocycles. The number of hydrogen-bond donors (Lipinski definition) is 3. The van der Waals surface area contributed by atoms with Crippen molar-refractivity contribution < 1.29 is 14.7 Å². The number of amides is 2. The lowest BCUT2D eigenvalue weighted by atomic mass is 10.4. The zero-order valence-corrected chi connectivity index (χ0v) is 6.46. The fourth-order valence-corrected chi connectivity index (χ4v) is 0.477. The molecule has 0 atom stereocenters. The van der Waals surface area contributed by atoms with Crippen LogP contribution < -0.4 is 10.6 Å². The number of carboxylic acid groups (broad SMARTS) is 1. The minimum Gasteiger partial charge on any atom is -0.481 e. The van der Waals surface area contributed by atoms with Crippen molar-refractivity contribution in [2.24, 2.45) is 0 Å². The van der Waals surface area contributed by atoms with Crippen LogP contribution in [0.2, 0.25) is 0 Å². The number of aliphatic carboxylic acids is 1. The molecular formula is C7H10N2O3. The maximum atomic E-state index is 10.7. The van der Waals surface area contributed by atoms with Crippen LogP contribution in [0.15, 0.2) is 0 Å². The van der Waals surface area contributed by atoms with Gasteiger partial charge in [-0.05, 0) is 0 Å². The maximum absolute atomic E-state index is 10.7. The summed E-state index contributed by atoms with van der Waals surface area (Å²) >= 11 is 0. The van der Waals surface area contributed by atoms with Crippen LogP contribution in [0, 0.1) is 12.3 Å². The van der Waals surface area contributed by atoms with Crippen LogP contribution in [-0.4, -0.2) is 30.2 Å². The molecule has 66 valence electrons. The highest BCUT2D eigenvalue weighted by molar-refractivity contribution is 5.75. The van der Waals surface area contributed by atoms with E-state index in [4.69, 9.17) is 11.5 Å². The Morgan fingerprint density at radius 1 is 1.42 bits per heavy atom. The van der Waals surface area contributed by atoms with Gasteiger partial charge in [0.1, 0.15) is 0 Å². The van der Waals surface area contributed by atoms with E-state index < -0.39 is 12.0 Å². The molecule has 0 aromatic rings. The molecule has 0 fully saturated rings. The fourth-order valence-electron chi connectivity index (χ4n) is 0.477. The van der Waals surface area contributed by atoms with Crippen LogP contribution >= 0.6 is 0 Å². The highest BCUT2D eigenvalue weighted by Gasteiger charge is 1.99. The summed E-state index contributed by atoms with van der Waals surface area (Å²) in [5.74, 6) is 1.26. The molecule has 5 nitrogen and oxygen atoms in total. The van der Waals surface area contributed by atoms with Gasteiger partial charge in [-0.2, -0.15) is 0 Å². The molecule has 0 saturated carbocycles. The number of rotatable bonds is 4. The van der Waals surface area contributed by atoms with Crippen molar-refractivity contribution in [2.45, 2.75) is 6.42 Å². The van der Waals surface area contributed by atoms with E-state index in [1.165, 1.54) is 0 Å². The summed E-state index contributed by atoms with van der Waals surface area (Å²) in [4.78, 5) is 20.7. The van der Waals surface area contributed by atoms with E-state index >= 15 is 0 Å². The van der Waals surface area contributed by atoms with Gasteiger partial charge in [0.05, 0.1) is 13.0 Å². The quantitative estimate of drug-likeness (QED) is 0.493. The summed E-state index contributed by atoms with van der Waals surface area (Å²) in [5, 5.41) is 12.8. The third kappa shape index (κ3) is 6.42. The minimum atomic E-state index is -0.952. The lowest BCUT2D eigenvalue weighted by Gasteiger charge is -2.02. The van der Waals surface area contributed by atoms with Crippen LogP contribution in [0.4, 0.5) is 4.79 Å². The normalized spacial score (nSPS) is 8.25. The number of urea groups is 1. The second-order valence-electron chi connectivity index (χ2n) is 1.96. The van der Waals surface area contributed by atoms with E-state index in [0.717, 1.165) is 0 Å². The Labute approximate surface area is 70.1 Å². The molecule has 3 N–H and O–H groups in total. The number of hydrogen-bond acceptors (Lipinski definition) is 2. The Hall–Kier alpha value is -1.70. The predicted octanol–water partition coefficient (Wildman–Crippen LogP) is -0.607. The molecule has 0 aromatic carbocycles. The topological polar surface area (TPSA) is 78.4 Å². The standard InChI is InChI=1S/C7H10N2O3/c1-2-4-8-7(12)9-5-3-6(10)11/h1H,3-5H2,(H,10,11)(H2,8,9,12). The molecule has 0 spiro atoms. The second-order valence-corrected chi connectivity index (χ2v) is 1.96. The first-order valence-electron chi connectivity index (χ1n) is 3.33. The maximum Gasteiger partial charge on any atom is 0.315 e. The average molecular weight is 170 g/mol. The first-order valence-corrected chi connectivity index (χ1v) is 3.33. The molecule has 0 aliphatic heterocycles. The monoisotopic (exact) mass is 170 g/mol. The largest absolute Gasteiger partial charge is 0.481 e. The molecule has 5 heteroatoms. The van der Waals surface area contributed by atoms with Gasteiger partial charge in [0.2, 0.25) is 0 Å². The highest BCUT2D eigenvalue weighted by atomic mass is 16.4. The summed E-state index contributed by atoms with van der Waals surface area (Å²) in [6.45, 7) is 0.241. The lowest BCUT2D eigenvalue weighted by molar-refractivity contribution is -0.136. The Balaban J connectivity index is 3.33. The van der Waals surface area contributed by atoms with Gasteiger partial charge in [-0.3, -0.25) is 4.79 Å². The summed E-state index contributed by atoms with van der Waals surface area (Å²) < 4.78 is 0. The molecule has 0 unspecified atom stereocenters. The van der Waals surface area contributed by atoms with Crippen molar-refractivity contribution in [3.8, 4) is 12.3 Å². The third-order valence-electron chi connectivity index (χ3n) is 0.975. The van der Waals surface area contributed by atoms with Gasteiger partial charge in [0.25, 0.3) is 0 Å². The van der Waals surface area contributed by atoms with Crippen molar-refractivity contribution in [1.82, 2.24) is 10.6 Å². The molecule has 0 bridgehead atoms. The van der Waals surface area contributed by atoms with Crippen molar-refractivity contribution >= 4 is 12.0 Å². The van der Waals surface area contributed by atoms with Crippen molar-refractivity contribution in [3.05, 3.63) is 0 Å². The van der Waals surface area contributed by atoms with Gasteiger partial charge < -0.3 is 15.7 Å². The van der Waals surface area contributed by atoms with Crippen LogP contribution in [-0.2, 0) is 4.79 Å². The molecule has 0 rings (SSSR count). The van der Waals surface area contributed by atoms with Crippen LogP contribution in [0.5, 0.6) is 0 Å². The minimum absolute atomic E-state index is 0.0938. The first kappa shape index (κ1) is 10.3. The van der Waals surface area contributed by atoms with Crippen molar-refractivity contribution in [3.63, 3.8) is 0 Å². The predicted molar refractivity (Wildman–Crippen MR) is 42.5 cm³/mol. The number of carbonyl (C=O) groups is 2. The zero-order chi connectivity index (χ0) is 9.40. The summed E-state index contributed by atoms with van der Waals surface area (Å²) in [6, 6.07) is -0.450. The Kier molecular flexibility index (Phi) is 5.18. The summed E-state index contributed by atoms with van der Waals surface area (Å²) in [6.07, 6.45) is 4.77. The van der Waals surface area contributed by atoms with Gasteiger partial charge in [0, 0.05) is 6.54 Å². The number of carbonyl (C=O) groups excluding carboxylic acids is 1. The van der Waals surface area contributed by atoms with Gasteiger partial charge >= 0.3 is 12.0 Å². The smallest absolute Gasteiger partial charge is 0.315 e. The molecule has 0 aromatic heterocycles. The highest BCUT2D eigenvalue weighted by Crippen LogP contribution is 1.74. The average Bonchev–Trinajstić information content (AvgIpc) is 2.00. The van der Waals surface area contributed by atoms with E-state index in [1.54, 1.807) is 0 Å². The van der Waals surface area contributed by atoms with Gasteiger partial charge in [0.15, 0.2) is 0 Å². The number of carboxylic acids is 1. The van der Waals surface area contributed by atoms with E-state index in [-0.39, 0.29) is 19.5 Å². The van der Waals surface area contributed by atoms with E-state index in [0.29, 0.717) is 0 Å². The number of nitrogens with one attached hydrogen (secondary N) is 2. The van der Waals surface area contributed by atoms with Crippen LogP contribution in [0.1, 0.15) is 6.42 Å². The Bertz CT molecular complexity index is 207. The van der Waals surface area contributed by atoms with Crippen LogP contribution in [0.25, 0.3) is 0 Å².